The molecule has 5 heteroatoms. The van der Waals surface area contributed by atoms with Crippen molar-refractivity contribution in [3.63, 3.8) is 0 Å². The van der Waals surface area contributed by atoms with E-state index in [1.807, 2.05) is 7.05 Å². The molecule has 5 nitrogen and oxygen atoms in total. The molecular weight excluding hydrogens is 266 g/mol. The summed E-state index contributed by atoms with van der Waals surface area (Å²) >= 11 is 0. The van der Waals surface area contributed by atoms with Crippen molar-refractivity contribution in [1.29, 1.82) is 0 Å². The summed E-state index contributed by atoms with van der Waals surface area (Å²) in [6.45, 7) is 0. The monoisotopic (exact) mass is 289 g/mol. The smallest absolute Gasteiger partial charge is 0.250 e. The van der Waals surface area contributed by atoms with Gasteiger partial charge in [-0.05, 0) is 32.0 Å². The first-order valence-corrected chi connectivity index (χ1v) is 7.44. The Hall–Kier alpha value is -1.88. The van der Waals surface area contributed by atoms with Gasteiger partial charge in [-0.3, -0.25) is 9.59 Å². The summed E-state index contributed by atoms with van der Waals surface area (Å²) in [4.78, 5) is 23.7. The first kappa shape index (κ1) is 15.5. The number of carbonyl (C=O) groups is 2. The lowest BCUT2D eigenvalue weighted by Gasteiger charge is -2.36. The number of rotatable bonds is 5. The zero-order valence-corrected chi connectivity index (χ0v) is 12.4. The maximum absolute atomic E-state index is 12.3. The van der Waals surface area contributed by atoms with Crippen LogP contribution >= 0.6 is 0 Å². The second-order valence-electron chi connectivity index (χ2n) is 5.73. The quantitative estimate of drug-likeness (QED) is 0.775. The number of hydrogen-bond acceptors (Lipinski definition) is 3. The Labute approximate surface area is 125 Å². The Bertz CT molecular complexity index is 522. The Morgan fingerprint density at radius 2 is 1.86 bits per heavy atom. The molecule has 2 rings (SSSR count). The Kier molecular flexibility index (Phi) is 4.96. The minimum Gasteiger partial charge on any atom is -0.366 e. The van der Waals surface area contributed by atoms with Gasteiger partial charge in [-0.15, -0.1) is 0 Å². The van der Waals surface area contributed by atoms with Crippen LogP contribution in [-0.4, -0.2) is 24.4 Å². The van der Waals surface area contributed by atoms with Crippen molar-refractivity contribution in [3.8, 4) is 0 Å². The highest BCUT2D eigenvalue weighted by atomic mass is 16.2. The second-order valence-corrected chi connectivity index (χ2v) is 5.73. The van der Waals surface area contributed by atoms with Crippen LogP contribution in [0.5, 0.6) is 0 Å². The predicted octanol–water partition coefficient (Wildman–Crippen LogP) is 2.04. The Morgan fingerprint density at radius 1 is 1.19 bits per heavy atom. The molecule has 0 radical (unpaired) electrons. The number of benzene rings is 1. The van der Waals surface area contributed by atoms with Crippen LogP contribution < -0.4 is 16.4 Å². The van der Waals surface area contributed by atoms with E-state index in [0.717, 1.165) is 25.7 Å². The highest BCUT2D eigenvalue weighted by molar-refractivity contribution is 6.03. The van der Waals surface area contributed by atoms with Gasteiger partial charge in [0.15, 0.2) is 0 Å². The zero-order valence-electron chi connectivity index (χ0n) is 12.4. The fraction of sp³-hybridized carbons (Fsp3) is 0.500. The van der Waals surface area contributed by atoms with Crippen molar-refractivity contribution < 1.29 is 9.59 Å². The number of amides is 2. The molecule has 1 fully saturated rings. The largest absolute Gasteiger partial charge is 0.366 e. The molecule has 0 unspecified atom stereocenters. The lowest BCUT2D eigenvalue weighted by molar-refractivity contribution is -0.117. The van der Waals surface area contributed by atoms with Crippen LogP contribution in [0.15, 0.2) is 24.3 Å². The summed E-state index contributed by atoms with van der Waals surface area (Å²) in [5.74, 6) is -0.619. The molecule has 0 aromatic heterocycles. The number of nitrogens with one attached hydrogen (secondary N) is 2. The highest BCUT2D eigenvalue weighted by Crippen LogP contribution is 2.31. The summed E-state index contributed by atoms with van der Waals surface area (Å²) in [5, 5.41) is 6.14. The van der Waals surface area contributed by atoms with Gasteiger partial charge in [0.05, 0.1) is 11.3 Å². The zero-order chi connectivity index (χ0) is 15.3. The number of anilines is 1. The van der Waals surface area contributed by atoms with Gasteiger partial charge in [0.2, 0.25) is 5.91 Å². The van der Waals surface area contributed by atoms with Gasteiger partial charge in [-0.25, -0.2) is 0 Å². The first-order chi connectivity index (χ1) is 10.1. The number of para-hydroxylation sites is 1. The Morgan fingerprint density at radius 3 is 2.48 bits per heavy atom. The van der Waals surface area contributed by atoms with Gasteiger partial charge < -0.3 is 16.4 Å². The maximum atomic E-state index is 12.3. The molecule has 114 valence electrons. The van der Waals surface area contributed by atoms with Gasteiger partial charge in [-0.2, -0.15) is 0 Å². The van der Waals surface area contributed by atoms with Gasteiger partial charge in [0, 0.05) is 12.0 Å². The molecule has 2 amide bonds. The molecule has 0 spiro atoms. The molecule has 4 N–H and O–H groups in total. The molecule has 1 aromatic carbocycles. The fourth-order valence-electron chi connectivity index (χ4n) is 3.05. The molecule has 1 saturated carbocycles. The SMILES string of the molecule is CNC1(CC(=O)Nc2ccccc2C(N)=O)CCCCC1. The average Bonchev–Trinajstić information content (AvgIpc) is 2.48. The fourth-order valence-corrected chi connectivity index (χ4v) is 3.05. The standard InChI is InChI=1S/C16H23N3O2/c1-18-16(9-5-2-6-10-16)11-14(20)19-13-8-4-3-7-12(13)15(17)21/h3-4,7-8,18H,2,5-6,9-11H2,1H3,(H2,17,21)(H,19,20). The lowest BCUT2D eigenvalue weighted by atomic mass is 9.79. The number of nitrogens with two attached hydrogens (primary N) is 1. The molecule has 21 heavy (non-hydrogen) atoms. The predicted molar refractivity (Wildman–Crippen MR) is 83.1 cm³/mol. The van der Waals surface area contributed by atoms with Gasteiger partial charge in [0.1, 0.15) is 0 Å². The molecule has 0 bridgehead atoms. The minimum absolute atomic E-state index is 0.0834. The van der Waals surface area contributed by atoms with Crippen molar-refractivity contribution in [2.75, 3.05) is 12.4 Å². The molecular formula is C16H23N3O2. The van der Waals surface area contributed by atoms with E-state index in [0.29, 0.717) is 17.7 Å². The lowest BCUT2D eigenvalue weighted by Crippen LogP contribution is -2.47. The summed E-state index contributed by atoms with van der Waals surface area (Å²) in [5.41, 5.74) is 6.03. The van der Waals surface area contributed by atoms with E-state index in [-0.39, 0.29) is 11.4 Å². The normalized spacial score (nSPS) is 17.2. The molecule has 0 atom stereocenters. The van der Waals surface area contributed by atoms with Crippen LogP contribution in [0.1, 0.15) is 48.9 Å². The van der Waals surface area contributed by atoms with E-state index < -0.39 is 5.91 Å². The van der Waals surface area contributed by atoms with Gasteiger partial charge >= 0.3 is 0 Å². The summed E-state index contributed by atoms with van der Waals surface area (Å²) in [6.07, 6.45) is 5.95. The molecule has 1 aromatic rings. The van der Waals surface area contributed by atoms with Gasteiger partial charge in [-0.1, -0.05) is 31.4 Å². The van der Waals surface area contributed by atoms with E-state index in [1.54, 1.807) is 24.3 Å². The average molecular weight is 289 g/mol. The van der Waals surface area contributed by atoms with Crippen molar-refractivity contribution in [2.24, 2.45) is 5.73 Å². The molecule has 0 saturated heterocycles. The van der Waals surface area contributed by atoms with E-state index in [1.165, 1.54) is 6.42 Å². The van der Waals surface area contributed by atoms with Crippen LogP contribution in [0.3, 0.4) is 0 Å². The second kappa shape index (κ2) is 6.72. The van der Waals surface area contributed by atoms with Crippen LogP contribution in [0, 0.1) is 0 Å². The van der Waals surface area contributed by atoms with Crippen molar-refractivity contribution in [1.82, 2.24) is 5.32 Å². The summed E-state index contributed by atoms with van der Waals surface area (Å²) < 4.78 is 0. The van der Waals surface area contributed by atoms with E-state index in [9.17, 15) is 9.59 Å². The van der Waals surface area contributed by atoms with Crippen LogP contribution in [0.4, 0.5) is 5.69 Å². The topological polar surface area (TPSA) is 84.2 Å². The molecule has 1 aliphatic rings. The third-order valence-corrected chi connectivity index (χ3v) is 4.31. The van der Waals surface area contributed by atoms with Crippen molar-refractivity contribution in [2.45, 2.75) is 44.1 Å². The molecule has 1 aliphatic carbocycles. The number of hydrogen-bond donors (Lipinski definition) is 3. The van der Waals surface area contributed by atoms with Crippen LogP contribution in [-0.2, 0) is 4.79 Å². The van der Waals surface area contributed by atoms with E-state index in [2.05, 4.69) is 10.6 Å². The number of carbonyl (C=O) groups excluding carboxylic acids is 2. The summed E-state index contributed by atoms with van der Waals surface area (Å²) in [7, 11) is 1.91. The molecule has 0 heterocycles. The van der Waals surface area contributed by atoms with Crippen molar-refractivity contribution >= 4 is 17.5 Å². The Balaban J connectivity index is 2.06. The van der Waals surface area contributed by atoms with E-state index in [4.69, 9.17) is 5.73 Å². The maximum Gasteiger partial charge on any atom is 0.250 e. The van der Waals surface area contributed by atoms with Crippen LogP contribution in [0.2, 0.25) is 0 Å². The molecule has 0 aliphatic heterocycles. The van der Waals surface area contributed by atoms with Gasteiger partial charge in [0.25, 0.3) is 5.91 Å². The van der Waals surface area contributed by atoms with Crippen molar-refractivity contribution in [3.05, 3.63) is 29.8 Å². The first-order valence-electron chi connectivity index (χ1n) is 7.44. The third kappa shape index (κ3) is 3.82. The minimum atomic E-state index is -0.535. The number of primary amides is 1. The highest BCUT2D eigenvalue weighted by Gasteiger charge is 2.32. The third-order valence-electron chi connectivity index (χ3n) is 4.31. The van der Waals surface area contributed by atoms with Crippen LogP contribution in [0.25, 0.3) is 0 Å². The van der Waals surface area contributed by atoms with E-state index >= 15 is 0 Å². The summed E-state index contributed by atoms with van der Waals surface area (Å²) in [6, 6.07) is 6.82.